The summed E-state index contributed by atoms with van der Waals surface area (Å²) in [6.45, 7) is 4.25. The molecule has 2 atom stereocenters. The number of unbranched alkanes of at least 4 members (excludes halogenated alkanes) is 15. The van der Waals surface area contributed by atoms with Gasteiger partial charge in [0.25, 0.3) is 0 Å². The molecule has 0 aromatic carbocycles. The average Bonchev–Trinajstić information content (AvgIpc) is 2.79. The Hall–Kier alpha value is -0.230. The third-order valence-corrected chi connectivity index (χ3v) is 7.36. The van der Waals surface area contributed by atoms with E-state index in [4.69, 9.17) is 14.0 Å². The molecule has 0 rings (SSSR count). The lowest BCUT2D eigenvalue weighted by atomic mass is 10.0. The molecular formula is C28H59NO5P+. The molecule has 0 fully saturated rings. The maximum Gasteiger partial charge on any atom is 0.351 e. The van der Waals surface area contributed by atoms with E-state index in [1.54, 1.807) is 13.2 Å². The summed E-state index contributed by atoms with van der Waals surface area (Å²) in [7, 11) is 3.87. The maximum absolute atomic E-state index is 12.1. The van der Waals surface area contributed by atoms with Crippen molar-refractivity contribution in [1.82, 2.24) is 0 Å². The molecule has 7 heteroatoms. The van der Waals surface area contributed by atoms with E-state index in [1.807, 2.05) is 21.1 Å². The van der Waals surface area contributed by atoms with Gasteiger partial charge in [0.05, 0.1) is 33.9 Å². The van der Waals surface area contributed by atoms with E-state index in [1.165, 1.54) is 102 Å². The Morgan fingerprint density at radius 1 is 0.771 bits per heavy atom. The minimum absolute atomic E-state index is 0.231. The van der Waals surface area contributed by atoms with Crippen LogP contribution in [0.1, 0.15) is 110 Å². The van der Waals surface area contributed by atoms with Crippen LogP contribution in [0, 0.1) is 0 Å². The summed E-state index contributed by atoms with van der Waals surface area (Å²) in [6, 6.07) is 0. The number of ether oxygens (including phenoxy) is 2. The second kappa shape index (κ2) is 22.9. The van der Waals surface area contributed by atoms with E-state index in [9.17, 15) is 9.46 Å². The number of methoxy groups -OCH3 is 1. The van der Waals surface area contributed by atoms with Gasteiger partial charge in [0, 0.05) is 19.5 Å². The Morgan fingerprint density at radius 3 is 1.66 bits per heavy atom. The van der Waals surface area contributed by atoms with E-state index in [2.05, 4.69) is 6.92 Å². The topological polar surface area (TPSA) is 65.0 Å². The molecule has 0 saturated heterocycles. The number of quaternary nitrogens is 1. The number of likely N-dealkylation sites (N-methyl/N-ethyl adjacent to an activating group) is 1. The maximum atomic E-state index is 12.1. The van der Waals surface area contributed by atoms with Crippen molar-refractivity contribution >= 4 is 7.60 Å². The molecule has 6 nitrogen and oxygen atoms in total. The van der Waals surface area contributed by atoms with Crippen LogP contribution < -0.4 is 0 Å². The SMILES string of the molecule is CCCCCCCCCCCCCCCCCCOC[C@H](/C=C/P(=O)(O)OCC[N+](C)(C)C)OC. The Bertz CT molecular complexity index is 536. The van der Waals surface area contributed by atoms with E-state index in [-0.39, 0.29) is 12.7 Å². The number of hydrogen-bond acceptors (Lipinski definition) is 4. The quantitative estimate of drug-likeness (QED) is 0.0719. The monoisotopic (exact) mass is 520 g/mol. The molecular weight excluding hydrogens is 461 g/mol. The second-order valence-corrected chi connectivity index (χ2v) is 12.6. The van der Waals surface area contributed by atoms with Gasteiger partial charge < -0.3 is 18.9 Å². The molecule has 0 aliphatic heterocycles. The van der Waals surface area contributed by atoms with Crippen LogP contribution in [0.15, 0.2) is 11.9 Å². The van der Waals surface area contributed by atoms with Crippen molar-refractivity contribution in [3.05, 3.63) is 11.9 Å². The second-order valence-electron chi connectivity index (χ2n) is 10.9. The van der Waals surface area contributed by atoms with Gasteiger partial charge in [0.2, 0.25) is 0 Å². The normalized spacial score (nSPS) is 15.0. The Labute approximate surface area is 217 Å². The smallest absolute Gasteiger partial charge is 0.351 e. The largest absolute Gasteiger partial charge is 0.378 e. The van der Waals surface area contributed by atoms with Crippen molar-refractivity contribution in [2.24, 2.45) is 0 Å². The van der Waals surface area contributed by atoms with Crippen LogP contribution in [-0.4, -0.2) is 70.1 Å². The predicted molar refractivity (Wildman–Crippen MR) is 149 cm³/mol. The first-order chi connectivity index (χ1) is 16.7. The molecule has 1 unspecified atom stereocenters. The van der Waals surface area contributed by atoms with Crippen molar-refractivity contribution in [2.45, 2.75) is 116 Å². The summed E-state index contributed by atoms with van der Waals surface area (Å²) in [6.07, 6.45) is 22.9. The third kappa shape index (κ3) is 26.6. The van der Waals surface area contributed by atoms with Gasteiger partial charge in [-0.15, -0.1) is 0 Å². The lowest BCUT2D eigenvalue weighted by Gasteiger charge is -2.23. The Morgan fingerprint density at radius 2 is 1.23 bits per heavy atom. The van der Waals surface area contributed by atoms with Crippen molar-refractivity contribution in [3.63, 3.8) is 0 Å². The lowest BCUT2D eigenvalue weighted by Crippen LogP contribution is -2.37. The fraction of sp³-hybridized carbons (Fsp3) is 0.929. The molecule has 0 bridgehead atoms. The molecule has 210 valence electrons. The van der Waals surface area contributed by atoms with Gasteiger partial charge >= 0.3 is 7.60 Å². The summed E-state index contributed by atoms with van der Waals surface area (Å²) in [5.41, 5.74) is 0. The van der Waals surface area contributed by atoms with Crippen molar-refractivity contribution in [1.29, 1.82) is 0 Å². The molecule has 0 amide bonds. The minimum Gasteiger partial charge on any atom is -0.378 e. The summed E-state index contributed by atoms with van der Waals surface area (Å²) in [4.78, 5) is 9.93. The first-order valence-electron chi connectivity index (χ1n) is 14.3. The highest BCUT2D eigenvalue weighted by atomic mass is 31.2. The average molecular weight is 521 g/mol. The molecule has 1 N–H and O–H groups in total. The van der Waals surface area contributed by atoms with Crippen LogP contribution in [0.2, 0.25) is 0 Å². The molecule has 0 aromatic rings. The zero-order valence-electron chi connectivity index (χ0n) is 23.8. The van der Waals surface area contributed by atoms with Crippen LogP contribution in [0.3, 0.4) is 0 Å². The highest BCUT2D eigenvalue weighted by Gasteiger charge is 2.18. The summed E-state index contributed by atoms with van der Waals surface area (Å²) >= 11 is 0. The summed E-state index contributed by atoms with van der Waals surface area (Å²) in [5, 5.41) is 0. The lowest BCUT2D eigenvalue weighted by molar-refractivity contribution is -0.870. The van der Waals surface area contributed by atoms with Crippen molar-refractivity contribution < 1.29 is 27.9 Å². The van der Waals surface area contributed by atoms with E-state index < -0.39 is 7.60 Å². The van der Waals surface area contributed by atoms with Crippen LogP contribution in [-0.2, 0) is 18.6 Å². The van der Waals surface area contributed by atoms with Crippen molar-refractivity contribution in [3.8, 4) is 0 Å². The molecule has 35 heavy (non-hydrogen) atoms. The van der Waals surface area contributed by atoms with Gasteiger partial charge in [-0.3, -0.25) is 9.09 Å². The van der Waals surface area contributed by atoms with Gasteiger partial charge in [-0.05, 0) is 12.5 Å². The standard InChI is InChI=1S/C28H58NO5P/c1-6-7-8-9-10-11-12-13-14-15-16-17-18-19-20-21-24-33-27-28(32-5)22-26-35(30,31)34-25-23-29(2,3)4/h22,26,28H,6-21,23-25,27H2,1-5H3/p+1/b26-22+/t28-/m0/s1. The fourth-order valence-electron chi connectivity index (χ4n) is 3.85. The van der Waals surface area contributed by atoms with Gasteiger partial charge in [-0.1, -0.05) is 103 Å². The Balaban J connectivity index is 3.57. The number of rotatable bonds is 26. The number of nitrogens with zero attached hydrogens (tertiary/aromatic N) is 1. The van der Waals surface area contributed by atoms with Crippen LogP contribution in [0.5, 0.6) is 0 Å². The van der Waals surface area contributed by atoms with Crippen LogP contribution in [0.25, 0.3) is 0 Å². The molecule has 0 aliphatic rings. The molecule has 0 heterocycles. The molecule has 0 radical (unpaired) electrons. The number of hydrogen-bond donors (Lipinski definition) is 1. The third-order valence-electron chi connectivity index (χ3n) is 6.25. The van der Waals surface area contributed by atoms with Gasteiger partial charge in [-0.25, -0.2) is 0 Å². The molecule has 0 saturated carbocycles. The van der Waals surface area contributed by atoms with Crippen molar-refractivity contribution in [2.75, 3.05) is 54.6 Å². The van der Waals surface area contributed by atoms with Crippen LogP contribution in [0.4, 0.5) is 0 Å². The van der Waals surface area contributed by atoms with Gasteiger partial charge in [0.15, 0.2) is 0 Å². The minimum atomic E-state index is -3.75. The molecule has 0 aliphatic carbocycles. The van der Waals surface area contributed by atoms with Gasteiger partial charge in [-0.2, -0.15) is 0 Å². The zero-order valence-corrected chi connectivity index (χ0v) is 24.7. The van der Waals surface area contributed by atoms with E-state index in [0.29, 0.717) is 24.2 Å². The first-order valence-corrected chi connectivity index (χ1v) is 15.9. The zero-order chi connectivity index (χ0) is 26.3. The predicted octanol–water partition coefficient (Wildman–Crippen LogP) is 7.70. The van der Waals surface area contributed by atoms with Crippen LogP contribution >= 0.6 is 7.60 Å². The first kappa shape index (κ1) is 34.8. The highest BCUT2D eigenvalue weighted by Crippen LogP contribution is 2.43. The van der Waals surface area contributed by atoms with E-state index in [0.717, 1.165) is 6.42 Å². The molecule has 0 spiro atoms. The highest BCUT2D eigenvalue weighted by molar-refractivity contribution is 7.56. The molecule has 0 aromatic heterocycles. The summed E-state index contributed by atoms with van der Waals surface area (Å²) in [5.74, 6) is 1.22. The summed E-state index contributed by atoms with van der Waals surface area (Å²) < 4.78 is 29.0. The van der Waals surface area contributed by atoms with E-state index >= 15 is 0 Å². The van der Waals surface area contributed by atoms with Gasteiger partial charge in [0.1, 0.15) is 13.2 Å². The fourth-order valence-corrected chi connectivity index (χ4v) is 4.69. The Kier molecular flexibility index (Phi) is 22.8.